The lowest BCUT2D eigenvalue weighted by atomic mass is 9.99. The van der Waals surface area contributed by atoms with Crippen molar-refractivity contribution in [2.75, 3.05) is 31.6 Å². The number of carboxylic acid groups (broad SMARTS) is 1. The lowest BCUT2D eigenvalue weighted by molar-refractivity contribution is -0.142. The van der Waals surface area contributed by atoms with Crippen molar-refractivity contribution in [2.24, 2.45) is 11.7 Å². The largest absolute Gasteiger partial charge is 0.480 e. The minimum atomic E-state index is -0.996. The molecule has 1 fully saturated rings. The SMILES string of the molecule is Cc1nc(NC(=N)N)sc1C(=O)N1CCC[C@H](COCC(=O)O)C1. The van der Waals surface area contributed by atoms with Crippen LogP contribution in [0, 0.1) is 18.3 Å². The van der Waals surface area contributed by atoms with Gasteiger partial charge in [0, 0.05) is 13.1 Å². The fourth-order valence-electron chi connectivity index (χ4n) is 2.61. The molecule has 1 atom stereocenters. The summed E-state index contributed by atoms with van der Waals surface area (Å²) in [6.45, 7) is 2.94. The summed E-state index contributed by atoms with van der Waals surface area (Å²) >= 11 is 1.17. The Morgan fingerprint density at radius 1 is 1.58 bits per heavy atom. The molecule has 10 heteroatoms. The molecule has 9 nitrogen and oxygen atoms in total. The Hall–Kier alpha value is -2.20. The van der Waals surface area contributed by atoms with Crippen LogP contribution in [0.25, 0.3) is 0 Å². The summed E-state index contributed by atoms with van der Waals surface area (Å²) in [5, 5.41) is 18.8. The number of aliphatic carboxylic acids is 1. The maximum absolute atomic E-state index is 12.7. The Balaban J connectivity index is 1.97. The van der Waals surface area contributed by atoms with E-state index in [0.717, 1.165) is 12.8 Å². The molecule has 1 saturated heterocycles. The van der Waals surface area contributed by atoms with Crippen molar-refractivity contribution in [3.8, 4) is 0 Å². The molecule has 0 unspecified atom stereocenters. The molecule has 1 amide bonds. The van der Waals surface area contributed by atoms with E-state index < -0.39 is 5.97 Å². The average Bonchev–Trinajstić information content (AvgIpc) is 2.86. The normalized spacial score (nSPS) is 17.5. The summed E-state index contributed by atoms with van der Waals surface area (Å²) in [6.07, 6.45) is 1.76. The molecule has 2 rings (SSSR count). The maximum atomic E-state index is 12.7. The number of anilines is 1. The van der Waals surface area contributed by atoms with Crippen molar-refractivity contribution in [3.63, 3.8) is 0 Å². The van der Waals surface area contributed by atoms with Crippen LogP contribution in [0.4, 0.5) is 5.13 Å². The predicted octanol–water partition coefficient (Wildman–Crippen LogP) is 0.710. The number of carbonyl (C=O) groups excluding carboxylic acids is 1. The molecule has 0 aliphatic carbocycles. The van der Waals surface area contributed by atoms with Gasteiger partial charge in [0.2, 0.25) is 0 Å². The standard InChI is InChI=1S/C14H21N5O4S/c1-8-11(24-14(17-8)18-13(15)16)12(22)19-4-2-3-9(5-19)6-23-7-10(20)21/h9H,2-7H2,1H3,(H,20,21)(H4,15,16,17,18)/t9-/m0/s1. The Labute approximate surface area is 143 Å². The summed E-state index contributed by atoms with van der Waals surface area (Å²) in [5.74, 6) is -1.20. The molecule has 1 aromatic rings. The number of hydrogen-bond acceptors (Lipinski definition) is 6. The highest BCUT2D eigenvalue weighted by Crippen LogP contribution is 2.26. The quantitative estimate of drug-likeness (QED) is 0.435. The maximum Gasteiger partial charge on any atom is 0.329 e. The number of aryl methyl sites for hydroxylation is 1. The third-order valence-electron chi connectivity index (χ3n) is 3.62. The van der Waals surface area contributed by atoms with Crippen LogP contribution in [0.5, 0.6) is 0 Å². The van der Waals surface area contributed by atoms with Crippen LogP contribution in [-0.2, 0) is 9.53 Å². The lowest BCUT2D eigenvalue weighted by Crippen LogP contribution is -2.41. The molecule has 0 saturated carbocycles. The van der Waals surface area contributed by atoms with Crippen molar-refractivity contribution in [1.82, 2.24) is 9.88 Å². The van der Waals surface area contributed by atoms with Crippen LogP contribution in [-0.4, -0.2) is 59.1 Å². The van der Waals surface area contributed by atoms with Crippen LogP contribution in [0.2, 0.25) is 0 Å². The van der Waals surface area contributed by atoms with Crippen LogP contribution in [0.1, 0.15) is 28.2 Å². The third-order valence-corrected chi connectivity index (χ3v) is 4.68. The van der Waals surface area contributed by atoms with Gasteiger partial charge >= 0.3 is 5.97 Å². The molecule has 0 bridgehead atoms. The second-order valence-corrected chi connectivity index (χ2v) is 6.64. The molecule has 2 heterocycles. The van der Waals surface area contributed by atoms with Crippen molar-refractivity contribution < 1.29 is 19.4 Å². The predicted molar refractivity (Wildman–Crippen MR) is 89.5 cm³/mol. The highest BCUT2D eigenvalue weighted by atomic mass is 32.1. The minimum absolute atomic E-state index is 0.107. The van der Waals surface area contributed by atoms with Crippen LogP contribution >= 0.6 is 11.3 Å². The number of amides is 1. The number of hydrogen-bond donors (Lipinski definition) is 4. The highest BCUT2D eigenvalue weighted by Gasteiger charge is 2.27. The van der Waals surface area contributed by atoms with Gasteiger partial charge in [-0.05, 0) is 25.7 Å². The van der Waals surface area contributed by atoms with Gasteiger partial charge in [-0.2, -0.15) is 0 Å². The topological polar surface area (TPSA) is 142 Å². The number of likely N-dealkylation sites (tertiary alicyclic amines) is 1. The first-order chi connectivity index (χ1) is 11.4. The molecular weight excluding hydrogens is 334 g/mol. The molecule has 1 aromatic heterocycles. The van der Waals surface area contributed by atoms with Gasteiger partial charge in [0.15, 0.2) is 11.1 Å². The van der Waals surface area contributed by atoms with E-state index in [2.05, 4.69) is 10.3 Å². The zero-order valence-corrected chi connectivity index (χ0v) is 14.2. The van der Waals surface area contributed by atoms with E-state index in [1.54, 1.807) is 11.8 Å². The molecule has 0 aromatic carbocycles. The van der Waals surface area contributed by atoms with Crippen molar-refractivity contribution in [3.05, 3.63) is 10.6 Å². The van der Waals surface area contributed by atoms with Crippen molar-refractivity contribution >= 4 is 34.3 Å². The number of nitrogens with two attached hydrogens (primary N) is 1. The number of guanidine groups is 1. The number of nitrogens with one attached hydrogen (secondary N) is 2. The number of piperidine rings is 1. The van der Waals surface area contributed by atoms with Gasteiger partial charge in [0.1, 0.15) is 11.5 Å². The van der Waals surface area contributed by atoms with E-state index in [1.165, 1.54) is 11.3 Å². The van der Waals surface area contributed by atoms with Gasteiger partial charge in [-0.25, -0.2) is 9.78 Å². The molecule has 0 spiro atoms. The number of nitrogens with zero attached hydrogens (tertiary/aromatic N) is 2. The Kier molecular flexibility index (Phi) is 6.10. The summed E-state index contributed by atoms with van der Waals surface area (Å²) in [4.78, 5) is 29.7. The Morgan fingerprint density at radius 3 is 3.00 bits per heavy atom. The molecular formula is C14H21N5O4S. The monoisotopic (exact) mass is 355 g/mol. The molecule has 1 aliphatic rings. The Morgan fingerprint density at radius 2 is 2.33 bits per heavy atom. The minimum Gasteiger partial charge on any atom is -0.480 e. The summed E-state index contributed by atoms with van der Waals surface area (Å²) in [7, 11) is 0. The van der Waals surface area contributed by atoms with E-state index in [4.69, 9.17) is 21.0 Å². The van der Waals surface area contributed by atoms with Gasteiger partial charge < -0.3 is 25.8 Å². The number of thiazole rings is 1. The first-order valence-electron chi connectivity index (χ1n) is 7.54. The van der Waals surface area contributed by atoms with E-state index in [1.807, 2.05) is 0 Å². The molecule has 1 aliphatic heterocycles. The summed E-state index contributed by atoms with van der Waals surface area (Å²) in [6, 6.07) is 0. The second kappa shape index (κ2) is 8.06. The average molecular weight is 355 g/mol. The van der Waals surface area contributed by atoms with Gasteiger partial charge in [-0.3, -0.25) is 10.2 Å². The van der Waals surface area contributed by atoms with Gasteiger partial charge in [0.05, 0.1) is 12.3 Å². The number of rotatable bonds is 6. The van der Waals surface area contributed by atoms with E-state index in [9.17, 15) is 9.59 Å². The summed E-state index contributed by atoms with van der Waals surface area (Å²) in [5.41, 5.74) is 5.87. The van der Waals surface area contributed by atoms with Crippen molar-refractivity contribution in [1.29, 1.82) is 5.41 Å². The van der Waals surface area contributed by atoms with Crippen molar-refractivity contribution in [2.45, 2.75) is 19.8 Å². The highest BCUT2D eigenvalue weighted by molar-refractivity contribution is 7.17. The Bertz CT molecular complexity index is 633. The first-order valence-corrected chi connectivity index (χ1v) is 8.35. The second-order valence-electron chi connectivity index (χ2n) is 5.64. The number of ether oxygens (including phenoxy) is 1. The number of aromatic nitrogens is 1. The zero-order valence-electron chi connectivity index (χ0n) is 13.4. The zero-order chi connectivity index (χ0) is 17.7. The fraction of sp³-hybridized carbons (Fsp3) is 0.571. The smallest absolute Gasteiger partial charge is 0.329 e. The van der Waals surface area contributed by atoms with Gasteiger partial charge in [-0.15, -0.1) is 0 Å². The van der Waals surface area contributed by atoms with E-state index >= 15 is 0 Å². The molecule has 5 N–H and O–H groups in total. The fourth-order valence-corrected chi connectivity index (χ4v) is 3.55. The molecule has 24 heavy (non-hydrogen) atoms. The lowest BCUT2D eigenvalue weighted by Gasteiger charge is -2.32. The van der Waals surface area contributed by atoms with Gasteiger partial charge in [-0.1, -0.05) is 11.3 Å². The first kappa shape index (κ1) is 18.1. The summed E-state index contributed by atoms with van der Waals surface area (Å²) < 4.78 is 5.15. The van der Waals surface area contributed by atoms with Crippen LogP contribution in [0.3, 0.4) is 0 Å². The van der Waals surface area contributed by atoms with Crippen LogP contribution in [0.15, 0.2) is 0 Å². The van der Waals surface area contributed by atoms with E-state index in [0.29, 0.717) is 35.4 Å². The van der Waals surface area contributed by atoms with Gasteiger partial charge in [0.25, 0.3) is 5.91 Å². The third kappa shape index (κ3) is 4.90. The number of carboxylic acids is 1. The van der Waals surface area contributed by atoms with E-state index in [-0.39, 0.29) is 24.4 Å². The molecule has 132 valence electrons. The molecule has 0 radical (unpaired) electrons. The van der Waals surface area contributed by atoms with Crippen LogP contribution < -0.4 is 11.1 Å². The number of carbonyl (C=O) groups is 2.